The molecule has 17 heavy (non-hydrogen) atoms. The van der Waals surface area contributed by atoms with E-state index >= 15 is 0 Å². The lowest BCUT2D eigenvalue weighted by molar-refractivity contribution is 0.298. The lowest BCUT2D eigenvalue weighted by Crippen LogP contribution is -1.97. The van der Waals surface area contributed by atoms with Crippen molar-refractivity contribution in [2.75, 3.05) is 6.61 Å². The van der Waals surface area contributed by atoms with Crippen molar-refractivity contribution in [2.45, 2.75) is 26.7 Å². The first-order chi connectivity index (χ1) is 8.24. The molecular formula is C13H17N3O. The van der Waals surface area contributed by atoms with Gasteiger partial charge in [0.15, 0.2) is 0 Å². The molecule has 0 fully saturated rings. The molecule has 2 rings (SSSR count). The number of aliphatic hydroxyl groups excluding tert-OH is 1. The second kappa shape index (κ2) is 5.10. The smallest absolute Gasteiger partial charge is 0.0854 e. The summed E-state index contributed by atoms with van der Waals surface area (Å²) in [5.41, 5.74) is 4.44. The Morgan fingerprint density at radius 1 is 1.35 bits per heavy atom. The fourth-order valence-corrected chi connectivity index (χ4v) is 1.87. The summed E-state index contributed by atoms with van der Waals surface area (Å²) in [6, 6.07) is 6.28. The number of aliphatic hydroxyl groups is 1. The van der Waals surface area contributed by atoms with Crippen LogP contribution in [0.15, 0.2) is 24.4 Å². The summed E-state index contributed by atoms with van der Waals surface area (Å²) < 4.78 is 1.75. The topological polar surface area (TPSA) is 50.9 Å². The fourth-order valence-electron chi connectivity index (χ4n) is 1.87. The van der Waals surface area contributed by atoms with Crippen molar-refractivity contribution in [2.24, 2.45) is 0 Å². The number of aryl methyl sites for hydroxylation is 2. The predicted octanol–water partition coefficient (Wildman–Crippen LogP) is 1.67. The van der Waals surface area contributed by atoms with E-state index in [1.165, 1.54) is 11.1 Å². The van der Waals surface area contributed by atoms with E-state index in [1.807, 2.05) is 12.3 Å². The molecule has 0 saturated heterocycles. The number of benzene rings is 1. The highest BCUT2D eigenvalue weighted by Gasteiger charge is 2.04. The zero-order valence-corrected chi connectivity index (χ0v) is 10.2. The number of aromatic nitrogens is 3. The fraction of sp³-hybridized carbons (Fsp3) is 0.385. The van der Waals surface area contributed by atoms with E-state index in [0.717, 1.165) is 17.8 Å². The van der Waals surface area contributed by atoms with Gasteiger partial charge in [0.25, 0.3) is 0 Å². The van der Waals surface area contributed by atoms with E-state index in [0.29, 0.717) is 6.42 Å². The molecule has 0 unspecified atom stereocenters. The summed E-state index contributed by atoms with van der Waals surface area (Å²) in [5.74, 6) is 0. The molecule has 90 valence electrons. The quantitative estimate of drug-likeness (QED) is 0.870. The highest BCUT2D eigenvalue weighted by molar-refractivity contribution is 5.39. The Bertz CT molecular complexity index is 505. The molecule has 0 spiro atoms. The first-order valence-corrected chi connectivity index (χ1v) is 5.86. The van der Waals surface area contributed by atoms with Crippen molar-refractivity contribution >= 4 is 0 Å². The van der Waals surface area contributed by atoms with Crippen LogP contribution in [0.4, 0.5) is 0 Å². The summed E-state index contributed by atoms with van der Waals surface area (Å²) in [7, 11) is 0. The maximum Gasteiger partial charge on any atom is 0.0854 e. The Labute approximate surface area is 101 Å². The molecule has 1 aromatic heterocycles. The molecular weight excluding hydrogens is 214 g/mol. The van der Waals surface area contributed by atoms with Crippen LogP contribution in [0, 0.1) is 6.92 Å². The van der Waals surface area contributed by atoms with E-state index in [2.05, 4.69) is 36.3 Å². The minimum Gasteiger partial charge on any atom is -0.396 e. The molecule has 0 aliphatic heterocycles. The highest BCUT2D eigenvalue weighted by atomic mass is 16.3. The number of rotatable bonds is 4. The predicted molar refractivity (Wildman–Crippen MR) is 66.3 cm³/mol. The molecule has 1 N–H and O–H groups in total. The standard InChI is InChI=1S/C13H17N3O/c1-3-11-4-5-13(8-10(11)2)16-9-12(6-7-17)14-15-16/h4-5,8-9,17H,3,6-7H2,1-2H3. The van der Waals surface area contributed by atoms with Crippen molar-refractivity contribution in [3.63, 3.8) is 0 Å². The van der Waals surface area contributed by atoms with Crippen LogP contribution in [0.25, 0.3) is 5.69 Å². The monoisotopic (exact) mass is 231 g/mol. The van der Waals surface area contributed by atoms with Gasteiger partial charge in [-0.2, -0.15) is 0 Å². The van der Waals surface area contributed by atoms with Crippen LogP contribution in [0.5, 0.6) is 0 Å². The Hall–Kier alpha value is -1.68. The van der Waals surface area contributed by atoms with Crippen LogP contribution >= 0.6 is 0 Å². The van der Waals surface area contributed by atoms with E-state index in [9.17, 15) is 0 Å². The van der Waals surface area contributed by atoms with E-state index in [-0.39, 0.29) is 6.61 Å². The SMILES string of the molecule is CCc1ccc(-n2cc(CCO)nn2)cc1C. The molecule has 4 nitrogen and oxygen atoms in total. The zero-order valence-electron chi connectivity index (χ0n) is 10.2. The molecule has 0 saturated carbocycles. The Balaban J connectivity index is 2.29. The molecule has 0 amide bonds. The first-order valence-electron chi connectivity index (χ1n) is 5.86. The van der Waals surface area contributed by atoms with Crippen LogP contribution in [0.3, 0.4) is 0 Å². The molecule has 0 bridgehead atoms. The third-order valence-electron chi connectivity index (χ3n) is 2.88. The number of nitrogens with zero attached hydrogens (tertiary/aromatic N) is 3. The lowest BCUT2D eigenvalue weighted by atomic mass is 10.1. The first kappa shape index (κ1) is 11.8. The second-order valence-corrected chi connectivity index (χ2v) is 4.09. The van der Waals surface area contributed by atoms with Gasteiger partial charge in [-0.3, -0.25) is 0 Å². The van der Waals surface area contributed by atoms with Gasteiger partial charge in [-0.05, 0) is 36.6 Å². The largest absolute Gasteiger partial charge is 0.396 e. The molecule has 0 aliphatic carbocycles. The van der Waals surface area contributed by atoms with Gasteiger partial charge in [0.2, 0.25) is 0 Å². The minimum atomic E-state index is 0.104. The summed E-state index contributed by atoms with van der Waals surface area (Å²) in [4.78, 5) is 0. The summed E-state index contributed by atoms with van der Waals surface area (Å²) in [6.45, 7) is 4.36. The van der Waals surface area contributed by atoms with Crippen LogP contribution in [0.2, 0.25) is 0 Å². The van der Waals surface area contributed by atoms with E-state index < -0.39 is 0 Å². The van der Waals surface area contributed by atoms with Gasteiger partial charge in [0.05, 0.1) is 17.6 Å². The maximum absolute atomic E-state index is 8.83. The third kappa shape index (κ3) is 2.53. The molecule has 0 radical (unpaired) electrons. The van der Waals surface area contributed by atoms with Crippen molar-refractivity contribution in [3.8, 4) is 5.69 Å². The van der Waals surface area contributed by atoms with Gasteiger partial charge in [0, 0.05) is 13.0 Å². The molecule has 1 heterocycles. The average molecular weight is 231 g/mol. The Morgan fingerprint density at radius 2 is 2.18 bits per heavy atom. The number of hydrogen-bond donors (Lipinski definition) is 1. The molecule has 0 aliphatic rings. The van der Waals surface area contributed by atoms with Crippen molar-refractivity contribution in [3.05, 3.63) is 41.2 Å². The van der Waals surface area contributed by atoms with Crippen LogP contribution in [-0.4, -0.2) is 26.7 Å². The Morgan fingerprint density at radius 3 is 2.82 bits per heavy atom. The van der Waals surface area contributed by atoms with Crippen molar-refractivity contribution in [1.82, 2.24) is 15.0 Å². The Kier molecular flexibility index (Phi) is 3.54. The molecule has 1 aromatic carbocycles. The van der Waals surface area contributed by atoms with Gasteiger partial charge in [-0.25, -0.2) is 4.68 Å². The van der Waals surface area contributed by atoms with Crippen LogP contribution in [0.1, 0.15) is 23.7 Å². The van der Waals surface area contributed by atoms with Gasteiger partial charge in [-0.15, -0.1) is 5.10 Å². The van der Waals surface area contributed by atoms with Gasteiger partial charge >= 0.3 is 0 Å². The summed E-state index contributed by atoms with van der Waals surface area (Å²) in [5, 5.41) is 16.9. The highest BCUT2D eigenvalue weighted by Crippen LogP contribution is 2.14. The van der Waals surface area contributed by atoms with Crippen LogP contribution in [-0.2, 0) is 12.8 Å². The number of hydrogen-bond acceptors (Lipinski definition) is 3. The van der Waals surface area contributed by atoms with Crippen molar-refractivity contribution < 1.29 is 5.11 Å². The van der Waals surface area contributed by atoms with Crippen molar-refractivity contribution in [1.29, 1.82) is 0 Å². The van der Waals surface area contributed by atoms with Crippen LogP contribution < -0.4 is 0 Å². The summed E-state index contributed by atoms with van der Waals surface area (Å²) >= 11 is 0. The normalized spacial score (nSPS) is 10.8. The van der Waals surface area contributed by atoms with E-state index in [1.54, 1.807) is 4.68 Å². The lowest BCUT2D eigenvalue weighted by Gasteiger charge is -2.05. The zero-order chi connectivity index (χ0) is 12.3. The molecule has 0 atom stereocenters. The average Bonchev–Trinajstić information content (AvgIpc) is 2.78. The second-order valence-electron chi connectivity index (χ2n) is 4.09. The maximum atomic E-state index is 8.83. The van der Waals surface area contributed by atoms with Gasteiger partial charge < -0.3 is 5.11 Å². The van der Waals surface area contributed by atoms with Gasteiger partial charge in [0.1, 0.15) is 0 Å². The minimum absolute atomic E-state index is 0.104. The summed E-state index contributed by atoms with van der Waals surface area (Å²) in [6.07, 6.45) is 3.45. The molecule has 2 aromatic rings. The molecule has 4 heteroatoms. The third-order valence-corrected chi connectivity index (χ3v) is 2.88. The van der Waals surface area contributed by atoms with E-state index in [4.69, 9.17) is 5.11 Å². The van der Waals surface area contributed by atoms with Gasteiger partial charge in [-0.1, -0.05) is 18.2 Å².